The summed E-state index contributed by atoms with van der Waals surface area (Å²) in [4.78, 5) is 29.0. The minimum absolute atomic E-state index is 0.210. The minimum atomic E-state index is -0.469. The lowest BCUT2D eigenvalue weighted by atomic mass is 10.0. The highest BCUT2D eigenvalue weighted by molar-refractivity contribution is 5.95. The van der Waals surface area contributed by atoms with Crippen molar-refractivity contribution in [3.63, 3.8) is 0 Å². The van der Waals surface area contributed by atoms with Crippen LogP contribution in [0.3, 0.4) is 0 Å². The highest BCUT2D eigenvalue weighted by Gasteiger charge is 2.19. The molecule has 0 fully saturated rings. The predicted molar refractivity (Wildman–Crippen MR) is 183 cm³/mol. The number of nitrogens with zero attached hydrogens (tertiary/aromatic N) is 6. The fourth-order valence-electron chi connectivity index (χ4n) is 5.53. The van der Waals surface area contributed by atoms with Crippen molar-refractivity contribution in [1.29, 1.82) is 0 Å². The van der Waals surface area contributed by atoms with Gasteiger partial charge in [0.1, 0.15) is 5.82 Å². The lowest BCUT2D eigenvalue weighted by Gasteiger charge is -2.12. The van der Waals surface area contributed by atoms with Crippen molar-refractivity contribution in [2.75, 3.05) is 0 Å². The first-order valence-electron chi connectivity index (χ1n) is 15.2. The van der Waals surface area contributed by atoms with Crippen molar-refractivity contribution < 1.29 is 4.39 Å². The number of aromatic nitrogens is 6. The van der Waals surface area contributed by atoms with Crippen LogP contribution in [-0.4, -0.2) is 29.9 Å². The number of benzene rings is 6. The summed E-state index contributed by atoms with van der Waals surface area (Å²) in [5, 5.41) is 2.05. The topological polar surface area (TPSA) is 77.3 Å². The molecule has 47 heavy (non-hydrogen) atoms. The third kappa shape index (κ3) is 5.62. The first-order valence-corrected chi connectivity index (χ1v) is 15.2. The van der Waals surface area contributed by atoms with Gasteiger partial charge in [-0.3, -0.25) is 0 Å². The van der Waals surface area contributed by atoms with E-state index in [1.165, 1.54) is 6.07 Å². The van der Waals surface area contributed by atoms with Crippen LogP contribution >= 0.6 is 0 Å². The molecule has 8 aromatic rings. The Kier molecular flexibility index (Phi) is 7.24. The van der Waals surface area contributed by atoms with Gasteiger partial charge in [-0.1, -0.05) is 133 Å². The van der Waals surface area contributed by atoms with E-state index in [1.807, 2.05) is 133 Å². The van der Waals surface area contributed by atoms with Crippen LogP contribution in [0.1, 0.15) is 0 Å². The maximum Gasteiger partial charge on any atom is 0.167 e. The van der Waals surface area contributed by atoms with Crippen LogP contribution in [0, 0.1) is 5.82 Å². The van der Waals surface area contributed by atoms with Crippen molar-refractivity contribution in [2.24, 2.45) is 0 Å². The summed E-state index contributed by atoms with van der Waals surface area (Å²) < 4.78 is 15.8. The van der Waals surface area contributed by atoms with E-state index in [0.29, 0.717) is 34.7 Å². The molecule has 0 aliphatic heterocycles. The van der Waals surface area contributed by atoms with E-state index < -0.39 is 5.82 Å². The van der Waals surface area contributed by atoms with Gasteiger partial charge in [-0.15, -0.1) is 0 Å². The SMILES string of the molecule is Fc1ccc(-c2nc(-c3ccccc3)nc(-c3ccccc3)n2)cc1-c1nc(-c2ccccc2)nc(-c2cccc3ccccc23)n1. The van der Waals surface area contributed by atoms with Crippen LogP contribution in [0.4, 0.5) is 4.39 Å². The van der Waals surface area contributed by atoms with Gasteiger partial charge in [0.15, 0.2) is 34.9 Å². The Morgan fingerprint density at radius 1 is 0.319 bits per heavy atom. The molecule has 0 amide bonds. The van der Waals surface area contributed by atoms with Gasteiger partial charge in [-0.2, -0.15) is 0 Å². The van der Waals surface area contributed by atoms with E-state index in [2.05, 4.69) is 0 Å². The Morgan fingerprint density at radius 2 is 0.745 bits per heavy atom. The minimum Gasteiger partial charge on any atom is -0.208 e. The number of rotatable bonds is 6. The molecule has 222 valence electrons. The first kappa shape index (κ1) is 28.0. The summed E-state index contributed by atoms with van der Waals surface area (Å²) in [6.45, 7) is 0. The van der Waals surface area contributed by atoms with Crippen molar-refractivity contribution in [3.05, 3.63) is 157 Å². The van der Waals surface area contributed by atoms with E-state index in [-0.39, 0.29) is 11.4 Å². The summed E-state index contributed by atoms with van der Waals surface area (Å²) >= 11 is 0. The molecule has 0 saturated carbocycles. The molecule has 0 N–H and O–H groups in total. The van der Waals surface area contributed by atoms with E-state index in [0.717, 1.165) is 33.0 Å². The van der Waals surface area contributed by atoms with Crippen LogP contribution < -0.4 is 0 Å². The highest BCUT2D eigenvalue weighted by Crippen LogP contribution is 2.32. The Balaban J connectivity index is 1.32. The molecular formula is C40H25FN6. The van der Waals surface area contributed by atoms with E-state index in [4.69, 9.17) is 29.9 Å². The smallest absolute Gasteiger partial charge is 0.167 e. The van der Waals surface area contributed by atoms with Crippen molar-refractivity contribution >= 4 is 10.8 Å². The van der Waals surface area contributed by atoms with E-state index in [9.17, 15) is 0 Å². The molecule has 8 rings (SSSR count). The normalized spacial score (nSPS) is 11.1. The van der Waals surface area contributed by atoms with Crippen LogP contribution in [-0.2, 0) is 0 Å². The van der Waals surface area contributed by atoms with Gasteiger partial charge in [0.25, 0.3) is 0 Å². The molecule has 0 atom stereocenters. The molecule has 6 nitrogen and oxygen atoms in total. The van der Waals surface area contributed by atoms with Gasteiger partial charge >= 0.3 is 0 Å². The molecule has 0 bridgehead atoms. The van der Waals surface area contributed by atoms with Crippen LogP contribution in [0.2, 0.25) is 0 Å². The molecule has 7 heteroatoms. The number of hydrogen-bond donors (Lipinski definition) is 0. The lowest BCUT2D eigenvalue weighted by molar-refractivity contribution is 0.630. The third-order valence-corrected chi connectivity index (χ3v) is 7.86. The Morgan fingerprint density at radius 3 is 1.32 bits per heavy atom. The summed E-state index contributed by atoms with van der Waals surface area (Å²) in [5.74, 6) is 2.08. The largest absolute Gasteiger partial charge is 0.208 e. The maximum absolute atomic E-state index is 15.8. The first-order chi connectivity index (χ1) is 23.2. The number of fused-ring (bicyclic) bond motifs is 1. The van der Waals surface area contributed by atoms with Crippen LogP contribution in [0.15, 0.2) is 152 Å². The zero-order valence-corrected chi connectivity index (χ0v) is 25.0. The van der Waals surface area contributed by atoms with Crippen molar-refractivity contribution in [2.45, 2.75) is 0 Å². The number of halogens is 1. The van der Waals surface area contributed by atoms with Gasteiger partial charge in [-0.25, -0.2) is 34.3 Å². The Bertz CT molecular complexity index is 2300. The molecule has 2 heterocycles. The average molecular weight is 609 g/mol. The summed E-state index contributed by atoms with van der Waals surface area (Å²) in [6.07, 6.45) is 0. The monoisotopic (exact) mass is 608 g/mol. The summed E-state index contributed by atoms with van der Waals surface area (Å²) in [6, 6.07) is 47.9. The van der Waals surface area contributed by atoms with Gasteiger partial charge in [0.05, 0.1) is 5.56 Å². The van der Waals surface area contributed by atoms with E-state index >= 15 is 4.39 Å². The molecule has 2 aromatic heterocycles. The maximum atomic E-state index is 15.8. The molecule has 6 aromatic carbocycles. The van der Waals surface area contributed by atoms with Crippen LogP contribution in [0.5, 0.6) is 0 Å². The molecule has 0 radical (unpaired) electrons. The Hall–Kier alpha value is -6.47. The van der Waals surface area contributed by atoms with Crippen molar-refractivity contribution in [3.8, 4) is 68.3 Å². The molecule has 0 aliphatic rings. The third-order valence-electron chi connectivity index (χ3n) is 7.86. The fourth-order valence-corrected chi connectivity index (χ4v) is 5.53. The van der Waals surface area contributed by atoms with Crippen molar-refractivity contribution in [1.82, 2.24) is 29.9 Å². The zero-order chi connectivity index (χ0) is 31.6. The lowest BCUT2D eigenvalue weighted by Crippen LogP contribution is -2.03. The molecule has 0 spiro atoms. The Labute approximate surface area is 270 Å². The zero-order valence-electron chi connectivity index (χ0n) is 25.0. The molecule has 0 unspecified atom stereocenters. The van der Waals surface area contributed by atoms with Gasteiger partial charge < -0.3 is 0 Å². The summed E-state index contributed by atoms with van der Waals surface area (Å²) in [7, 11) is 0. The average Bonchev–Trinajstić information content (AvgIpc) is 3.15. The van der Waals surface area contributed by atoms with E-state index in [1.54, 1.807) is 12.1 Å². The second kappa shape index (κ2) is 12.1. The molecule has 0 aliphatic carbocycles. The quantitative estimate of drug-likeness (QED) is 0.187. The predicted octanol–water partition coefficient (Wildman–Crippen LogP) is 9.35. The van der Waals surface area contributed by atoms with Gasteiger partial charge in [0, 0.05) is 27.8 Å². The second-order valence-corrected chi connectivity index (χ2v) is 10.9. The standard InChI is InChI=1S/C40H25FN6/c41-34-24-23-30(38-43-35(27-14-4-1-5-15-27)42-36(44-38)28-16-6-2-7-17-28)25-33(34)40-46-37(29-18-8-3-9-19-29)45-39(47-40)32-22-12-20-26-13-10-11-21-31(26)32/h1-25H. The summed E-state index contributed by atoms with van der Waals surface area (Å²) in [5.41, 5.74) is 4.14. The highest BCUT2D eigenvalue weighted by atomic mass is 19.1. The fraction of sp³-hybridized carbons (Fsp3) is 0. The molecular weight excluding hydrogens is 583 g/mol. The van der Waals surface area contributed by atoms with Crippen LogP contribution in [0.25, 0.3) is 79.1 Å². The van der Waals surface area contributed by atoms with Gasteiger partial charge in [0.2, 0.25) is 0 Å². The van der Waals surface area contributed by atoms with Gasteiger partial charge in [-0.05, 0) is 29.0 Å². The second-order valence-electron chi connectivity index (χ2n) is 10.9. The molecule has 0 saturated heterocycles. The number of hydrogen-bond acceptors (Lipinski definition) is 6.